The third-order valence-corrected chi connectivity index (χ3v) is 2.56. The average molecular weight is 257 g/mol. The van der Waals surface area contributed by atoms with Gasteiger partial charge in [0.25, 0.3) is 5.91 Å². The fraction of sp³-hybridized carbons (Fsp3) is 0.214. The highest BCUT2D eigenvalue weighted by Gasteiger charge is 2.09. The normalized spacial score (nSPS) is 10.0. The summed E-state index contributed by atoms with van der Waals surface area (Å²) in [5, 5.41) is 10.5. The molecular weight excluding hydrogens is 242 g/mol. The van der Waals surface area contributed by atoms with Crippen LogP contribution in [0, 0.1) is 6.92 Å². The fourth-order valence-corrected chi connectivity index (χ4v) is 1.57. The number of carbonyl (C=O) groups is 1. The average Bonchev–Trinajstić information content (AvgIpc) is 2.42. The van der Waals surface area contributed by atoms with E-state index in [2.05, 4.69) is 15.5 Å². The number of rotatable bonds is 4. The lowest BCUT2D eigenvalue weighted by Gasteiger charge is -2.07. The summed E-state index contributed by atoms with van der Waals surface area (Å²) in [7, 11) is 0. The molecule has 1 aromatic heterocycles. The molecule has 5 nitrogen and oxygen atoms in total. The van der Waals surface area contributed by atoms with Crippen LogP contribution in [0.15, 0.2) is 36.4 Å². The van der Waals surface area contributed by atoms with Crippen LogP contribution in [0.5, 0.6) is 5.88 Å². The highest BCUT2D eigenvalue weighted by atomic mass is 16.5. The number of benzene rings is 1. The van der Waals surface area contributed by atoms with Crippen molar-refractivity contribution in [2.24, 2.45) is 0 Å². The molecule has 0 aliphatic rings. The van der Waals surface area contributed by atoms with Gasteiger partial charge in [0.05, 0.1) is 6.61 Å². The Morgan fingerprint density at radius 1 is 1.21 bits per heavy atom. The van der Waals surface area contributed by atoms with Gasteiger partial charge < -0.3 is 10.1 Å². The van der Waals surface area contributed by atoms with Crippen molar-refractivity contribution in [3.63, 3.8) is 0 Å². The second-order valence-corrected chi connectivity index (χ2v) is 3.96. The van der Waals surface area contributed by atoms with E-state index in [1.54, 1.807) is 12.1 Å². The van der Waals surface area contributed by atoms with Crippen molar-refractivity contribution in [3.8, 4) is 5.88 Å². The summed E-state index contributed by atoms with van der Waals surface area (Å²) in [6, 6.07) is 10.8. The summed E-state index contributed by atoms with van der Waals surface area (Å²) in [6.07, 6.45) is 0. The standard InChI is InChI=1S/C14H15N3O2/c1-3-19-13-9-8-12(16-17-13)14(18)15-11-7-5-4-6-10(11)2/h4-9H,3H2,1-2H3,(H,15,18). The molecule has 2 aromatic rings. The maximum Gasteiger partial charge on any atom is 0.276 e. The summed E-state index contributed by atoms with van der Waals surface area (Å²) in [5.74, 6) is 0.125. The molecule has 0 saturated carbocycles. The van der Waals surface area contributed by atoms with E-state index in [1.807, 2.05) is 38.1 Å². The van der Waals surface area contributed by atoms with E-state index in [4.69, 9.17) is 4.74 Å². The first-order valence-electron chi connectivity index (χ1n) is 6.04. The van der Waals surface area contributed by atoms with Gasteiger partial charge in [-0.05, 0) is 31.5 Å². The van der Waals surface area contributed by atoms with Crippen LogP contribution in [-0.4, -0.2) is 22.7 Å². The summed E-state index contributed by atoms with van der Waals surface area (Å²) in [5.41, 5.74) is 2.02. The molecule has 0 fully saturated rings. The number of amides is 1. The molecule has 1 aromatic carbocycles. The number of ether oxygens (including phenoxy) is 1. The van der Waals surface area contributed by atoms with Gasteiger partial charge in [-0.25, -0.2) is 0 Å². The highest BCUT2D eigenvalue weighted by molar-refractivity contribution is 6.03. The van der Waals surface area contributed by atoms with Crippen molar-refractivity contribution < 1.29 is 9.53 Å². The molecule has 0 spiro atoms. The van der Waals surface area contributed by atoms with Crippen molar-refractivity contribution in [3.05, 3.63) is 47.7 Å². The molecule has 2 rings (SSSR count). The molecule has 1 amide bonds. The van der Waals surface area contributed by atoms with Crippen molar-refractivity contribution in [1.29, 1.82) is 0 Å². The number of nitrogens with one attached hydrogen (secondary N) is 1. The van der Waals surface area contributed by atoms with Gasteiger partial charge in [-0.1, -0.05) is 18.2 Å². The van der Waals surface area contributed by atoms with Crippen molar-refractivity contribution in [1.82, 2.24) is 10.2 Å². The molecule has 5 heteroatoms. The minimum absolute atomic E-state index is 0.256. The molecular formula is C14H15N3O2. The zero-order valence-corrected chi connectivity index (χ0v) is 10.9. The number of aryl methyl sites for hydroxylation is 1. The Morgan fingerprint density at radius 2 is 2.00 bits per heavy atom. The van der Waals surface area contributed by atoms with Gasteiger partial charge in [-0.15, -0.1) is 10.2 Å². The molecule has 0 radical (unpaired) electrons. The van der Waals surface area contributed by atoms with Gasteiger partial charge in [0.15, 0.2) is 5.69 Å². The molecule has 98 valence electrons. The number of nitrogens with zero attached hydrogens (tertiary/aromatic N) is 2. The van der Waals surface area contributed by atoms with Crippen LogP contribution in [0.25, 0.3) is 0 Å². The van der Waals surface area contributed by atoms with E-state index in [0.29, 0.717) is 12.5 Å². The Hall–Kier alpha value is -2.43. The Bertz CT molecular complexity index is 567. The molecule has 1 N–H and O–H groups in total. The van der Waals surface area contributed by atoms with Crippen LogP contribution >= 0.6 is 0 Å². The SMILES string of the molecule is CCOc1ccc(C(=O)Nc2ccccc2C)nn1. The number of carbonyl (C=O) groups excluding carboxylic acids is 1. The summed E-state index contributed by atoms with van der Waals surface area (Å²) >= 11 is 0. The maximum atomic E-state index is 12.0. The molecule has 0 bridgehead atoms. The van der Waals surface area contributed by atoms with E-state index in [9.17, 15) is 4.79 Å². The lowest BCUT2D eigenvalue weighted by molar-refractivity contribution is 0.102. The van der Waals surface area contributed by atoms with Crippen LogP contribution in [0.4, 0.5) is 5.69 Å². The number of aromatic nitrogens is 2. The molecule has 0 unspecified atom stereocenters. The van der Waals surface area contributed by atoms with Gasteiger partial charge >= 0.3 is 0 Å². The molecule has 19 heavy (non-hydrogen) atoms. The van der Waals surface area contributed by atoms with E-state index in [1.165, 1.54) is 0 Å². The van der Waals surface area contributed by atoms with Gasteiger partial charge in [-0.3, -0.25) is 4.79 Å². The van der Waals surface area contributed by atoms with E-state index < -0.39 is 0 Å². The lowest BCUT2D eigenvalue weighted by atomic mass is 10.2. The molecule has 0 atom stereocenters. The number of para-hydroxylation sites is 1. The van der Waals surface area contributed by atoms with Crippen LogP contribution < -0.4 is 10.1 Å². The van der Waals surface area contributed by atoms with Crippen molar-refractivity contribution in [2.75, 3.05) is 11.9 Å². The molecule has 1 heterocycles. The minimum Gasteiger partial charge on any atom is -0.477 e. The van der Waals surface area contributed by atoms with Crippen LogP contribution in [0.1, 0.15) is 23.0 Å². The number of hydrogen-bond donors (Lipinski definition) is 1. The second-order valence-electron chi connectivity index (χ2n) is 3.96. The Balaban J connectivity index is 2.10. The van der Waals surface area contributed by atoms with Gasteiger partial charge in [-0.2, -0.15) is 0 Å². The number of anilines is 1. The first-order chi connectivity index (χ1) is 9.20. The van der Waals surface area contributed by atoms with Gasteiger partial charge in [0.1, 0.15) is 0 Å². The van der Waals surface area contributed by atoms with Gasteiger partial charge in [0.2, 0.25) is 5.88 Å². The van der Waals surface area contributed by atoms with Crippen molar-refractivity contribution >= 4 is 11.6 Å². The van der Waals surface area contributed by atoms with E-state index in [-0.39, 0.29) is 11.6 Å². The van der Waals surface area contributed by atoms with Crippen LogP contribution in [0.2, 0.25) is 0 Å². The first kappa shape index (κ1) is 13.0. The molecule has 0 saturated heterocycles. The van der Waals surface area contributed by atoms with Crippen molar-refractivity contribution in [2.45, 2.75) is 13.8 Å². The zero-order chi connectivity index (χ0) is 13.7. The Labute approximate surface area is 111 Å². The third-order valence-electron chi connectivity index (χ3n) is 2.56. The topological polar surface area (TPSA) is 64.1 Å². The van der Waals surface area contributed by atoms with Gasteiger partial charge in [0, 0.05) is 11.8 Å². The second kappa shape index (κ2) is 5.95. The summed E-state index contributed by atoms with van der Waals surface area (Å²) in [4.78, 5) is 12.0. The van der Waals surface area contributed by atoms with Crippen LogP contribution in [-0.2, 0) is 0 Å². The minimum atomic E-state index is -0.287. The predicted molar refractivity (Wildman–Crippen MR) is 72.3 cm³/mol. The quantitative estimate of drug-likeness (QED) is 0.913. The molecule has 0 aliphatic heterocycles. The highest BCUT2D eigenvalue weighted by Crippen LogP contribution is 2.14. The monoisotopic (exact) mass is 257 g/mol. The first-order valence-corrected chi connectivity index (χ1v) is 6.04. The van der Waals surface area contributed by atoms with E-state index in [0.717, 1.165) is 11.3 Å². The summed E-state index contributed by atoms with van der Waals surface area (Å²) in [6.45, 7) is 4.31. The van der Waals surface area contributed by atoms with Crippen LogP contribution in [0.3, 0.4) is 0 Å². The summed E-state index contributed by atoms with van der Waals surface area (Å²) < 4.78 is 5.17. The Kier molecular flexibility index (Phi) is 4.07. The smallest absolute Gasteiger partial charge is 0.276 e. The number of hydrogen-bond acceptors (Lipinski definition) is 4. The lowest BCUT2D eigenvalue weighted by Crippen LogP contribution is -2.15. The van der Waals surface area contributed by atoms with E-state index >= 15 is 0 Å². The predicted octanol–water partition coefficient (Wildman–Crippen LogP) is 2.44. The Morgan fingerprint density at radius 3 is 2.63 bits per heavy atom. The zero-order valence-electron chi connectivity index (χ0n) is 10.9. The maximum absolute atomic E-state index is 12.0. The largest absolute Gasteiger partial charge is 0.477 e. The third kappa shape index (κ3) is 3.28. The molecule has 0 aliphatic carbocycles. The fourth-order valence-electron chi connectivity index (χ4n) is 1.57.